The molecule has 7 nitrogen and oxygen atoms in total. The Morgan fingerprint density at radius 1 is 1.41 bits per heavy atom. The van der Waals surface area contributed by atoms with Gasteiger partial charge in [-0.1, -0.05) is 4.49 Å². The van der Waals surface area contributed by atoms with Gasteiger partial charge in [-0.05, 0) is 24.5 Å². The van der Waals surface area contributed by atoms with Gasteiger partial charge in [0.2, 0.25) is 0 Å². The fourth-order valence-electron chi connectivity index (χ4n) is 2.52. The Labute approximate surface area is 138 Å². The molecule has 0 amide bonds. The topological polar surface area (TPSA) is 73.5 Å². The van der Waals surface area contributed by atoms with Crippen molar-refractivity contribution in [2.24, 2.45) is 0 Å². The van der Waals surface area contributed by atoms with Crippen molar-refractivity contribution in [3.63, 3.8) is 0 Å². The van der Waals surface area contributed by atoms with Crippen molar-refractivity contribution in [1.29, 1.82) is 0 Å². The van der Waals surface area contributed by atoms with E-state index in [2.05, 4.69) is 40.3 Å². The Hall–Kier alpha value is -1.77. The van der Waals surface area contributed by atoms with Gasteiger partial charge in [-0.2, -0.15) is 5.10 Å². The molecule has 0 fully saturated rings. The average molecular weight is 338 g/mol. The number of aryl methyl sites for hydroxylation is 1. The van der Waals surface area contributed by atoms with Gasteiger partial charge in [-0.25, -0.2) is 4.98 Å². The van der Waals surface area contributed by atoms with Crippen LogP contribution in [0.2, 0.25) is 0 Å². The fraction of sp³-hybridized carbons (Fsp3) is 0.385. The number of hydrogen-bond acceptors (Lipinski definition) is 6. The third kappa shape index (κ3) is 2.65. The number of fused-ring (bicyclic) bond motifs is 1. The average Bonchev–Trinajstić information content (AvgIpc) is 3.19. The Morgan fingerprint density at radius 3 is 3.09 bits per heavy atom. The van der Waals surface area contributed by atoms with E-state index in [9.17, 15) is 0 Å². The maximum Gasteiger partial charge on any atom is 0.160 e. The molecule has 9 heteroatoms. The van der Waals surface area contributed by atoms with Crippen LogP contribution >= 0.6 is 23.9 Å². The van der Waals surface area contributed by atoms with Crippen LogP contribution in [0.1, 0.15) is 16.3 Å². The predicted molar refractivity (Wildman–Crippen MR) is 86.2 cm³/mol. The lowest BCUT2D eigenvalue weighted by molar-refractivity contribution is 0.476. The molecule has 0 aromatic carbocycles. The fourth-order valence-corrected chi connectivity index (χ4v) is 3.15. The SMILES string of the molecule is Cc1nnsc1Cn1ccnc1-c1cc2n(n1)CCNC2.Cl. The summed E-state index contributed by atoms with van der Waals surface area (Å²) in [6, 6.07) is 2.11. The van der Waals surface area contributed by atoms with E-state index in [1.807, 2.05) is 19.3 Å². The zero-order chi connectivity index (χ0) is 14.2. The first-order chi connectivity index (χ1) is 10.3. The van der Waals surface area contributed by atoms with Crippen LogP contribution in [0, 0.1) is 6.92 Å². The van der Waals surface area contributed by atoms with Crippen LogP contribution in [0.4, 0.5) is 0 Å². The Balaban J connectivity index is 0.00000144. The molecule has 1 aliphatic heterocycles. The van der Waals surface area contributed by atoms with Crippen LogP contribution in [0.3, 0.4) is 0 Å². The predicted octanol–water partition coefficient (Wildman–Crippen LogP) is 1.48. The van der Waals surface area contributed by atoms with Crippen LogP contribution in [0.25, 0.3) is 11.5 Å². The zero-order valence-electron chi connectivity index (χ0n) is 12.1. The minimum absolute atomic E-state index is 0. The highest BCUT2D eigenvalue weighted by atomic mass is 35.5. The summed E-state index contributed by atoms with van der Waals surface area (Å²) in [5.41, 5.74) is 3.11. The van der Waals surface area contributed by atoms with Gasteiger partial charge in [0.15, 0.2) is 5.82 Å². The van der Waals surface area contributed by atoms with Gasteiger partial charge in [-0.3, -0.25) is 4.68 Å². The second-order valence-corrected chi connectivity index (χ2v) is 5.92. The number of nitrogens with one attached hydrogen (secondary N) is 1. The summed E-state index contributed by atoms with van der Waals surface area (Å²) in [6.45, 7) is 5.46. The van der Waals surface area contributed by atoms with Gasteiger partial charge in [-0.15, -0.1) is 17.5 Å². The molecule has 1 N–H and O–H groups in total. The summed E-state index contributed by atoms with van der Waals surface area (Å²) in [5.74, 6) is 0.893. The van der Waals surface area contributed by atoms with E-state index in [0.717, 1.165) is 48.3 Å². The summed E-state index contributed by atoms with van der Waals surface area (Å²) in [5, 5.41) is 12.1. The molecule has 0 radical (unpaired) electrons. The molecule has 0 saturated carbocycles. The summed E-state index contributed by atoms with van der Waals surface area (Å²) in [6.07, 6.45) is 3.79. The molecule has 22 heavy (non-hydrogen) atoms. The number of aromatic nitrogens is 6. The number of halogens is 1. The second kappa shape index (κ2) is 6.15. The van der Waals surface area contributed by atoms with Gasteiger partial charge in [0, 0.05) is 25.5 Å². The Morgan fingerprint density at radius 2 is 2.32 bits per heavy atom. The van der Waals surface area contributed by atoms with Crippen molar-refractivity contribution in [2.75, 3.05) is 6.54 Å². The van der Waals surface area contributed by atoms with Gasteiger partial charge in [0.1, 0.15) is 5.69 Å². The lowest BCUT2D eigenvalue weighted by atomic mass is 10.3. The summed E-state index contributed by atoms with van der Waals surface area (Å²) in [7, 11) is 0. The molecule has 0 atom stereocenters. The molecular weight excluding hydrogens is 322 g/mol. The molecule has 3 aromatic heterocycles. The molecule has 4 rings (SSSR count). The van der Waals surface area contributed by atoms with Crippen molar-refractivity contribution in [1.82, 2.24) is 34.2 Å². The molecule has 3 aromatic rings. The zero-order valence-corrected chi connectivity index (χ0v) is 13.7. The molecule has 0 unspecified atom stereocenters. The van der Waals surface area contributed by atoms with E-state index >= 15 is 0 Å². The number of hydrogen-bond donors (Lipinski definition) is 1. The molecule has 116 valence electrons. The van der Waals surface area contributed by atoms with Crippen molar-refractivity contribution in [3.8, 4) is 11.5 Å². The van der Waals surface area contributed by atoms with Crippen molar-refractivity contribution >= 4 is 23.9 Å². The molecule has 0 aliphatic carbocycles. The van der Waals surface area contributed by atoms with E-state index in [1.165, 1.54) is 17.2 Å². The largest absolute Gasteiger partial charge is 0.324 e. The third-order valence-electron chi connectivity index (χ3n) is 3.67. The maximum absolute atomic E-state index is 4.67. The van der Waals surface area contributed by atoms with E-state index in [1.54, 1.807) is 0 Å². The van der Waals surface area contributed by atoms with Crippen molar-refractivity contribution in [3.05, 3.63) is 34.7 Å². The quantitative estimate of drug-likeness (QED) is 0.783. The highest BCUT2D eigenvalue weighted by molar-refractivity contribution is 7.05. The minimum Gasteiger partial charge on any atom is -0.324 e. The molecular formula is C13H16ClN7S. The number of rotatable bonds is 3. The summed E-state index contributed by atoms with van der Waals surface area (Å²) < 4.78 is 8.15. The standard InChI is InChI=1S/C13H15N7S.ClH/c1-9-12(21-18-16-9)8-19-4-3-15-13(19)11-6-10-7-14-2-5-20(10)17-11;/h3-4,6,14H,2,5,7-8H2,1H3;1H. The van der Waals surface area contributed by atoms with Crippen LogP contribution in [-0.4, -0.2) is 35.5 Å². The molecule has 4 heterocycles. The monoisotopic (exact) mass is 337 g/mol. The first-order valence-electron chi connectivity index (χ1n) is 6.88. The molecule has 0 spiro atoms. The first-order valence-corrected chi connectivity index (χ1v) is 7.65. The van der Waals surface area contributed by atoms with Crippen molar-refractivity contribution < 1.29 is 0 Å². The van der Waals surface area contributed by atoms with Gasteiger partial charge >= 0.3 is 0 Å². The lowest BCUT2D eigenvalue weighted by Gasteiger charge is -2.13. The Bertz CT molecular complexity index is 752. The molecule has 1 aliphatic rings. The maximum atomic E-state index is 4.67. The Kier molecular flexibility index (Phi) is 4.23. The summed E-state index contributed by atoms with van der Waals surface area (Å²) >= 11 is 1.43. The lowest BCUT2D eigenvalue weighted by Crippen LogP contribution is -2.28. The van der Waals surface area contributed by atoms with Gasteiger partial charge in [0.05, 0.1) is 29.4 Å². The van der Waals surface area contributed by atoms with Gasteiger partial charge < -0.3 is 9.88 Å². The molecule has 0 bridgehead atoms. The van der Waals surface area contributed by atoms with Crippen LogP contribution in [-0.2, 0) is 19.6 Å². The third-order valence-corrected chi connectivity index (χ3v) is 4.48. The van der Waals surface area contributed by atoms with E-state index in [4.69, 9.17) is 0 Å². The highest BCUT2D eigenvalue weighted by Gasteiger charge is 2.16. The first kappa shape index (κ1) is 15.1. The van der Waals surface area contributed by atoms with E-state index < -0.39 is 0 Å². The highest BCUT2D eigenvalue weighted by Crippen LogP contribution is 2.21. The smallest absolute Gasteiger partial charge is 0.160 e. The van der Waals surface area contributed by atoms with E-state index in [0.29, 0.717) is 0 Å². The van der Waals surface area contributed by atoms with Crippen LogP contribution in [0.15, 0.2) is 18.5 Å². The number of nitrogens with zero attached hydrogens (tertiary/aromatic N) is 6. The molecule has 0 saturated heterocycles. The van der Waals surface area contributed by atoms with Gasteiger partial charge in [0.25, 0.3) is 0 Å². The van der Waals surface area contributed by atoms with Crippen molar-refractivity contribution in [2.45, 2.75) is 26.6 Å². The number of imidazole rings is 1. The van der Waals surface area contributed by atoms with Crippen LogP contribution in [0.5, 0.6) is 0 Å². The summed E-state index contributed by atoms with van der Waals surface area (Å²) in [4.78, 5) is 5.62. The minimum atomic E-state index is 0. The normalized spacial score (nSPS) is 13.7. The second-order valence-electron chi connectivity index (χ2n) is 5.08. The van der Waals surface area contributed by atoms with Crippen LogP contribution < -0.4 is 5.32 Å². The van der Waals surface area contributed by atoms with E-state index in [-0.39, 0.29) is 12.4 Å².